The van der Waals surface area contributed by atoms with Gasteiger partial charge in [0.1, 0.15) is 0 Å². The molecule has 2 heterocycles. The molecule has 0 saturated heterocycles. The molecule has 8 heteroatoms. The lowest BCUT2D eigenvalue weighted by atomic mass is 10.2. The fourth-order valence-electron chi connectivity index (χ4n) is 2.10. The van der Waals surface area contributed by atoms with E-state index in [9.17, 15) is 13.2 Å². The first-order chi connectivity index (χ1) is 10.4. The molecule has 7 nitrogen and oxygen atoms in total. The summed E-state index contributed by atoms with van der Waals surface area (Å²) >= 11 is 0. The molecule has 3 rings (SSSR count). The molecule has 22 heavy (non-hydrogen) atoms. The van der Waals surface area contributed by atoms with Crippen LogP contribution >= 0.6 is 0 Å². The largest absolute Gasteiger partial charge is 0.399 e. The number of fused-ring (bicyclic) bond motifs is 1. The Labute approximate surface area is 126 Å². The second kappa shape index (κ2) is 4.92. The van der Waals surface area contributed by atoms with Gasteiger partial charge < -0.3 is 5.73 Å². The molecular formula is C14H12N4O3S. The first-order valence-corrected chi connectivity index (χ1v) is 8.20. The Kier molecular flexibility index (Phi) is 3.18. The first kappa shape index (κ1) is 14.2. The highest BCUT2D eigenvalue weighted by atomic mass is 32.2. The van der Waals surface area contributed by atoms with Crippen LogP contribution in [0.2, 0.25) is 0 Å². The molecule has 0 aliphatic carbocycles. The van der Waals surface area contributed by atoms with Crippen molar-refractivity contribution in [3.8, 4) is 5.69 Å². The number of sulfone groups is 1. The van der Waals surface area contributed by atoms with Gasteiger partial charge in [0, 0.05) is 29.6 Å². The first-order valence-electron chi connectivity index (χ1n) is 6.31. The number of anilines is 1. The van der Waals surface area contributed by atoms with Crippen molar-refractivity contribution in [2.45, 2.75) is 5.16 Å². The van der Waals surface area contributed by atoms with Crippen molar-refractivity contribution in [2.75, 3.05) is 12.0 Å². The number of nitrogens with two attached hydrogens (primary N) is 1. The third-order valence-corrected chi connectivity index (χ3v) is 3.93. The molecule has 112 valence electrons. The Morgan fingerprint density at radius 2 is 1.95 bits per heavy atom. The highest BCUT2D eigenvalue weighted by Crippen LogP contribution is 2.17. The topological polar surface area (TPSA) is 108 Å². The summed E-state index contributed by atoms with van der Waals surface area (Å²) in [5, 5.41) is 0.220. The van der Waals surface area contributed by atoms with Gasteiger partial charge >= 0.3 is 0 Å². The summed E-state index contributed by atoms with van der Waals surface area (Å²) in [5.74, 6) is 0. The summed E-state index contributed by atoms with van der Waals surface area (Å²) in [4.78, 5) is 20.1. The molecule has 0 saturated carbocycles. The molecule has 0 bridgehead atoms. The van der Waals surface area contributed by atoms with Crippen LogP contribution in [0, 0.1) is 0 Å². The molecule has 0 aliphatic rings. The van der Waals surface area contributed by atoms with E-state index in [1.165, 1.54) is 16.8 Å². The normalized spacial score (nSPS) is 11.7. The summed E-state index contributed by atoms with van der Waals surface area (Å²) in [6.07, 6.45) is 2.39. The molecule has 3 aromatic rings. The predicted molar refractivity (Wildman–Crippen MR) is 82.7 cm³/mol. The SMILES string of the molecule is CS(=O)(=O)c1ncc2ccc(=O)n(-c3cccc(N)c3)c2n1. The average molecular weight is 316 g/mol. The van der Waals surface area contributed by atoms with Crippen LogP contribution < -0.4 is 11.3 Å². The van der Waals surface area contributed by atoms with Gasteiger partial charge in [-0.1, -0.05) is 6.07 Å². The van der Waals surface area contributed by atoms with Crippen LogP contribution in [-0.4, -0.2) is 29.2 Å². The van der Waals surface area contributed by atoms with E-state index in [1.54, 1.807) is 30.3 Å². The Morgan fingerprint density at radius 1 is 1.18 bits per heavy atom. The quantitative estimate of drug-likeness (QED) is 0.552. The van der Waals surface area contributed by atoms with Crippen LogP contribution in [0.5, 0.6) is 0 Å². The fraction of sp³-hybridized carbons (Fsp3) is 0.0714. The molecule has 2 aromatic heterocycles. The maximum Gasteiger partial charge on any atom is 0.256 e. The van der Waals surface area contributed by atoms with Crippen LogP contribution in [0.25, 0.3) is 16.7 Å². The molecule has 0 amide bonds. The zero-order chi connectivity index (χ0) is 15.9. The van der Waals surface area contributed by atoms with Crippen LogP contribution in [0.1, 0.15) is 0 Å². The maximum atomic E-state index is 12.2. The van der Waals surface area contributed by atoms with Crippen molar-refractivity contribution >= 4 is 26.6 Å². The van der Waals surface area contributed by atoms with Gasteiger partial charge in [0.15, 0.2) is 5.65 Å². The summed E-state index contributed by atoms with van der Waals surface area (Å²) in [5.41, 5.74) is 6.62. The maximum absolute atomic E-state index is 12.2. The van der Waals surface area contributed by atoms with Crippen molar-refractivity contribution < 1.29 is 8.42 Å². The number of hydrogen-bond donors (Lipinski definition) is 1. The minimum absolute atomic E-state index is 0.216. The second-order valence-corrected chi connectivity index (χ2v) is 6.72. The van der Waals surface area contributed by atoms with Crippen LogP contribution in [0.15, 0.2) is 52.5 Å². The van der Waals surface area contributed by atoms with Gasteiger partial charge in [0.05, 0.1) is 5.69 Å². The smallest absolute Gasteiger partial charge is 0.256 e. The summed E-state index contributed by atoms with van der Waals surface area (Å²) in [6, 6.07) is 9.62. The van der Waals surface area contributed by atoms with E-state index >= 15 is 0 Å². The van der Waals surface area contributed by atoms with E-state index < -0.39 is 9.84 Å². The summed E-state index contributed by atoms with van der Waals surface area (Å²) < 4.78 is 24.6. The van der Waals surface area contributed by atoms with Gasteiger partial charge in [-0.05, 0) is 24.3 Å². The molecule has 0 atom stereocenters. The zero-order valence-electron chi connectivity index (χ0n) is 11.6. The number of rotatable bonds is 2. The summed E-state index contributed by atoms with van der Waals surface area (Å²) in [6.45, 7) is 0. The van der Waals surface area contributed by atoms with Crippen LogP contribution in [-0.2, 0) is 9.84 Å². The molecule has 0 unspecified atom stereocenters. The van der Waals surface area contributed by atoms with E-state index in [2.05, 4.69) is 9.97 Å². The van der Waals surface area contributed by atoms with Crippen molar-refractivity contribution in [1.82, 2.24) is 14.5 Å². The third-order valence-electron chi connectivity index (χ3n) is 3.07. The Morgan fingerprint density at radius 3 is 2.64 bits per heavy atom. The minimum Gasteiger partial charge on any atom is -0.399 e. The molecule has 0 radical (unpaired) electrons. The third kappa shape index (κ3) is 2.44. The number of pyridine rings is 1. The Bertz CT molecular complexity index is 1040. The van der Waals surface area contributed by atoms with E-state index in [-0.39, 0.29) is 16.4 Å². The standard InChI is InChI=1S/C14H12N4O3S/c1-22(20,21)14-16-8-9-5-6-12(19)18(13(9)17-14)11-4-2-3-10(15)7-11/h2-8H,15H2,1H3. The van der Waals surface area contributed by atoms with Gasteiger partial charge in [0.2, 0.25) is 15.0 Å². The summed E-state index contributed by atoms with van der Waals surface area (Å²) in [7, 11) is -3.58. The number of aromatic nitrogens is 3. The van der Waals surface area contributed by atoms with Gasteiger partial charge in [-0.15, -0.1) is 0 Å². The molecule has 0 fully saturated rings. The highest BCUT2D eigenvalue weighted by molar-refractivity contribution is 7.90. The van der Waals surface area contributed by atoms with Crippen molar-refractivity contribution in [3.05, 3.63) is 52.9 Å². The van der Waals surface area contributed by atoms with Gasteiger partial charge in [-0.3, -0.25) is 9.36 Å². The Hall–Kier alpha value is -2.74. The van der Waals surface area contributed by atoms with Crippen molar-refractivity contribution in [2.24, 2.45) is 0 Å². The molecule has 0 spiro atoms. The predicted octanol–water partition coefficient (Wildman–Crippen LogP) is 0.766. The van der Waals surface area contributed by atoms with Crippen molar-refractivity contribution in [3.63, 3.8) is 0 Å². The van der Waals surface area contributed by atoms with E-state index in [0.29, 0.717) is 16.8 Å². The average Bonchev–Trinajstić information content (AvgIpc) is 2.45. The lowest BCUT2D eigenvalue weighted by molar-refractivity contribution is 0.593. The van der Waals surface area contributed by atoms with Crippen molar-refractivity contribution in [1.29, 1.82) is 0 Å². The van der Waals surface area contributed by atoms with Gasteiger partial charge in [0.25, 0.3) is 5.56 Å². The number of nitrogens with zero attached hydrogens (tertiary/aromatic N) is 3. The van der Waals surface area contributed by atoms with E-state index in [4.69, 9.17) is 5.73 Å². The molecule has 2 N–H and O–H groups in total. The van der Waals surface area contributed by atoms with Crippen LogP contribution in [0.4, 0.5) is 5.69 Å². The van der Waals surface area contributed by atoms with Gasteiger partial charge in [-0.2, -0.15) is 4.98 Å². The lowest BCUT2D eigenvalue weighted by Crippen LogP contribution is -2.19. The minimum atomic E-state index is -3.58. The molecule has 0 aliphatic heterocycles. The lowest BCUT2D eigenvalue weighted by Gasteiger charge is -2.10. The molecule has 1 aromatic carbocycles. The zero-order valence-corrected chi connectivity index (χ0v) is 12.4. The fourth-order valence-corrected chi connectivity index (χ4v) is 2.59. The van der Waals surface area contributed by atoms with Gasteiger partial charge in [-0.25, -0.2) is 13.4 Å². The monoisotopic (exact) mass is 316 g/mol. The molecular weight excluding hydrogens is 304 g/mol. The Balaban J connectivity index is 2.42. The highest BCUT2D eigenvalue weighted by Gasteiger charge is 2.14. The number of hydrogen-bond acceptors (Lipinski definition) is 6. The number of benzene rings is 1. The van der Waals surface area contributed by atoms with Crippen LogP contribution in [0.3, 0.4) is 0 Å². The van der Waals surface area contributed by atoms with E-state index in [1.807, 2.05) is 0 Å². The second-order valence-electron chi connectivity index (χ2n) is 4.81. The van der Waals surface area contributed by atoms with E-state index in [0.717, 1.165) is 6.26 Å². The number of nitrogen functional groups attached to an aromatic ring is 1.